The Kier molecular flexibility index (Phi) is 16.2. The number of nitrogens with zero attached hydrogens (tertiary/aromatic N) is 6. The Labute approximate surface area is 405 Å². The molecule has 0 saturated heterocycles. The molecule has 8 N–H and O–H groups in total. The second kappa shape index (κ2) is 22.3. The Morgan fingerprint density at radius 3 is 2.57 bits per heavy atom. The number of unbranched alkanes of at least 4 members (excludes halogenated alkanes) is 1. The van der Waals surface area contributed by atoms with Gasteiger partial charge in [-0.2, -0.15) is 0 Å². The van der Waals surface area contributed by atoms with Crippen LogP contribution < -0.4 is 32.6 Å². The fourth-order valence-electron chi connectivity index (χ4n) is 8.22. The van der Waals surface area contributed by atoms with E-state index in [2.05, 4.69) is 41.5 Å². The maximum absolute atomic E-state index is 15.0. The number of amides is 4. The number of rotatable bonds is 22. The van der Waals surface area contributed by atoms with Crippen LogP contribution in [0.4, 0.5) is 4.39 Å². The van der Waals surface area contributed by atoms with Crippen LogP contribution in [-0.4, -0.2) is 114 Å². The molecule has 4 aromatic heterocycles. The first-order valence-corrected chi connectivity index (χ1v) is 23.2. The van der Waals surface area contributed by atoms with Crippen LogP contribution in [0.25, 0.3) is 28.0 Å². The molecule has 3 atom stereocenters. The zero-order valence-corrected chi connectivity index (χ0v) is 39.9. The van der Waals surface area contributed by atoms with Crippen LogP contribution >= 0.6 is 12.2 Å². The Balaban J connectivity index is 0.942. The number of ether oxygens (including phenoxy) is 3. The van der Waals surface area contributed by atoms with E-state index in [0.29, 0.717) is 69.0 Å². The monoisotopic (exact) mass is 986 g/mol. The van der Waals surface area contributed by atoms with Crippen LogP contribution in [0.15, 0.2) is 41.6 Å². The minimum atomic E-state index is -2.05. The lowest BCUT2D eigenvalue weighted by molar-refractivity contribution is -0.172. The smallest absolute Gasteiger partial charge is 0.343 e. The highest BCUT2D eigenvalue weighted by molar-refractivity contribution is 7.71. The Hall–Kier alpha value is -6.86. The summed E-state index contributed by atoms with van der Waals surface area (Å²) in [4.78, 5) is 91.7. The number of carbonyl (C=O) groups excluding carboxylic acids is 5. The number of aryl methyl sites for hydroxylation is 1. The fraction of sp³-hybridized carbons (Fsp3) is 0.457. The van der Waals surface area contributed by atoms with Crippen molar-refractivity contribution in [1.82, 2.24) is 55.8 Å². The number of esters is 1. The number of halogens is 1. The number of H-pyrrole nitrogens is 1. The number of aromatic amines is 1. The summed E-state index contributed by atoms with van der Waals surface area (Å²) in [7, 11) is 0. The average molecular weight is 987 g/mol. The normalized spacial score (nSPS) is 15.7. The molecule has 2 aliphatic heterocycles. The van der Waals surface area contributed by atoms with Crippen molar-refractivity contribution in [3.05, 3.63) is 91.2 Å². The molecular weight excluding hydrogens is 932 g/mol. The number of aromatic nitrogens is 7. The van der Waals surface area contributed by atoms with Crippen molar-refractivity contribution in [2.75, 3.05) is 32.9 Å². The Bertz CT molecular complexity index is 2920. The average Bonchev–Trinajstić information content (AvgIpc) is 3.96. The van der Waals surface area contributed by atoms with E-state index in [0.717, 1.165) is 0 Å². The quantitative estimate of drug-likeness (QED) is 0.0286. The van der Waals surface area contributed by atoms with E-state index in [9.17, 15) is 38.3 Å². The summed E-state index contributed by atoms with van der Waals surface area (Å²) in [5.74, 6) is -4.19. The molecule has 0 fully saturated rings. The minimum absolute atomic E-state index is 0.0267. The molecule has 0 bridgehead atoms. The minimum Gasteiger partial charge on any atom is -0.458 e. The second-order valence-electron chi connectivity index (χ2n) is 17.3. The molecule has 0 saturated carbocycles. The van der Waals surface area contributed by atoms with Crippen LogP contribution in [0.3, 0.4) is 0 Å². The van der Waals surface area contributed by atoms with Gasteiger partial charge in [0.15, 0.2) is 10.4 Å². The topological polar surface area (TPSA) is 302 Å². The lowest BCUT2D eigenvalue weighted by Gasteiger charge is -2.31. The summed E-state index contributed by atoms with van der Waals surface area (Å²) in [5, 5.41) is 30.7. The van der Waals surface area contributed by atoms with E-state index in [1.165, 1.54) is 15.3 Å². The van der Waals surface area contributed by atoms with Crippen LogP contribution in [0.5, 0.6) is 0 Å². The third-order valence-corrected chi connectivity index (χ3v) is 12.4. The van der Waals surface area contributed by atoms with E-state index in [4.69, 9.17) is 37.1 Å². The molecule has 22 nitrogen and oxygen atoms in total. The van der Waals surface area contributed by atoms with Crippen LogP contribution in [0.1, 0.15) is 80.0 Å². The van der Waals surface area contributed by atoms with Gasteiger partial charge in [-0.3, -0.25) is 24.0 Å². The van der Waals surface area contributed by atoms with Gasteiger partial charge in [-0.05, 0) is 80.5 Å². The third-order valence-electron chi connectivity index (χ3n) is 12.1. The highest BCUT2D eigenvalue weighted by Gasteiger charge is 2.45. The van der Waals surface area contributed by atoms with Gasteiger partial charge in [-0.15, -0.1) is 5.10 Å². The SMILES string of the molecule is CC[C@@]1(O)C(=O)OCc2c1cc1n(c2=O)Cc2c-1nc1cc(F)c(C)cc1c2CNC(=O)CNC(=O)[C@H](CCCCN)NC(=O)[C@@H](NC(=O)COCCOCc1cn(-c2cnc(=S)[nH]c2)nn1)C(C)C. The lowest BCUT2D eigenvalue weighted by Crippen LogP contribution is -2.56. The number of carbonyl (C=O) groups is 5. The lowest BCUT2D eigenvalue weighted by atomic mass is 9.86. The van der Waals surface area contributed by atoms with Crippen LogP contribution in [0.2, 0.25) is 0 Å². The van der Waals surface area contributed by atoms with Crippen molar-refractivity contribution in [2.24, 2.45) is 11.7 Å². The first kappa shape index (κ1) is 51.0. The van der Waals surface area contributed by atoms with E-state index in [1.807, 2.05) is 0 Å². The number of hydrogen-bond donors (Lipinski definition) is 7. The maximum atomic E-state index is 15.0. The van der Waals surface area contributed by atoms with Gasteiger partial charge >= 0.3 is 5.97 Å². The summed E-state index contributed by atoms with van der Waals surface area (Å²) < 4.78 is 34.5. The molecule has 4 amide bonds. The van der Waals surface area contributed by atoms with Crippen LogP contribution in [-0.2, 0) is 70.1 Å². The first-order valence-electron chi connectivity index (χ1n) is 22.8. The van der Waals surface area contributed by atoms with E-state index >= 15 is 0 Å². The molecular formula is C46H55FN12O10S. The van der Waals surface area contributed by atoms with E-state index in [1.54, 1.807) is 58.4 Å². The van der Waals surface area contributed by atoms with Crippen molar-refractivity contribution >= 4 is 52.7 Å². The van der Waals surface area contributed by atoms with Crippen molar-refractivity contribution < 1.29 is 47.7 Å². The van der Waals surface area contributed by atoms with Gasteiger partial charge in [0, 0.05) is 35.3 Å². The molecule has 372 valence electrons. The number of nitrogens with two attached hydrogens (primary N) is 1. The molecule has 24 heteroatoms. The van der Waals surface area contributed by atoms with Crippen LogP contribution in [0, 0.1) is 23.4 Å². The van der Waals surface area contributed by atoms with Gasteiger partial charge in [0.2, 0.25) is 23.6 Å². The summed E-state index contributed by atoms with van der Waals surface area (Å²) in [6.07, 6.45) is 6.04. The molecule has 0 aliphatic carbocycles. The number of pyridine rings is 2. The molecule has 7 rings (SSSR count). The molecule has 0 unspecified atom stereocenters. The van der Waals surface area contributed by atoms with Crippen molar-refractivity contribution in [2.45, 2.75) is 97.4 Å². The molecule has 2 aliphatic rings. The van der Waals surface area contributed by atoms with Crippen molar-refractivity contribution in [1.29, 1.82) is 0 Å². The number of nitrogens with one attached hydrogen (secondary N) is 5. The van der Waals surface area contributed by atoms with Gasteiger partial charge < -0.3 is 55.9 Å². The number of hydrogen-bond acceptors (Lipinski definition) is 16. The largest absolute Gasteiger partial charge is 0.458 e. The molecule has 70 heavy (non-hydrogen) atoms. The fourth-order valence-corrected chi connectivity index (χ4v) is 8.33. The molecule has 6 heterocycles. The third kappa shape index (κ3) is 11.3. The van der Waals surface area contributed by atoms with Gasteiger partial charge in [0.1, 0.15) is 42.5 Å². The summed E-state index contributed by atoms with van der Waals surface area (Å²) >= 11 is 4.96. The first-order chi connectivity index (χ1) is 33.5. The number of fused-ring (bicyclic) bond motifs is 5. The predicted octanol–water partition coefficient (Wildman–Crippen LogP) is 1.28. The van der Waals surface area contributed by atoms with Gasteiger partial charge in [-0.1, -0.05) is 26.0 Å². The number of aliphatic hydroxyl groups is 1. The van der Waals surface area contributed by atoms with E-state index in [-0.39, 0.29) is 81.5 Å². The highest BCUT2D eigenvalue weighted by atomic mass is 32.1. The zero-order valence-electron chi connectivity index (χ0n) is 39.1. The van der Waals surface area contributed by atoms with Gasteiger partial charge in [-0.25, -0.2) is 23.8 Å². The molecule has 1 aromatic carbocycles. The Morgan fingerprint density at radius 1 is 1.06 bits per heavy atom. The molecule has 5 aromatic rings. The summed E-state index contributed by atoms with van der Waals surface area (Å²) in [6.45, 7) is 6.10. The standard InChI is InChI=1S/C46H55FN12O10S/c1-5-46(66)32-13-36-40-30(20-58(36)43(64)31(32)22-69-44(46)65)29(28-12-25(4)33(47)14-35(28)53-40)17-49-37(60)18-50-41(62)34(8-6-7-9-48)54-42(63)39(24(2)3)55-38(61)23-68-11-10-67-21-26-19-59(57-56-26)27-15-51-45(70)52-16-27/h12-16,19,24,34,39,66H,5-11,17-18,20-23,48H2,1-4H3,(H,49,60)(H,50,62)(H,54,63)(H,55,61)(H,51,52,70)/t34-,39-,46-/m0/s1. The maximum Gasteiger partial charge on any atom is 0.343 e. The van der Waals surface area contributed by atoms with Gasteiger partial charge in [0.25, 0.3) is 5.56 Å². The zero-order chi connectivity index (χ0) is 50.3. The molecule has 0 spiro atoms. The summed E-state index contributed by atoms with van der Waals surface area (Å²) in [6, 6.07) is 2.29. The number of benzene rings is 1. The van der Waals surface area contributed by atoms with Crippen molar-refractivity contribution in [3.8, 4) is 17.1 Å². The Morgan fingerprint density at radius 2 is 1.84 bits per heavy atom. The second-order valence-corrected chi connectivity index (χ2v) is 17.7. The number of cyclic esters (lactones) is 1. The molecule has 0 radical (unpaired) electrons. The van der Waals surface area contributed by atoms with Gasteiger partial charge in [0.05, 0.1) is 67.8 Å². The predicted molar refractivity (Wildman–Crippen MR) is 250 cm³/mol. The summed E-state index contributed by atoms with van der Waals surface area (Å²) in [5.41, 5.74) is 6.91. The van der Waals surface area contributed by atoms with Crippen molar-refractivity contribution in [3.63, 3.8) is 0 Å². The highest BCUT2D eigenvalue weighted by Crippen LogP contribution is 2.40. The van der Waals surface area contributed by atoms with E-state index < -0.39 is 65.2 Å².